The van der Waals surface area contributed by atoms with Crippen LogP contribution in [0.3, 0.4) is 0 Å². The van der Waals surface area contributed by atoms with E-state index in [-0.39, 0.29) is 6.61 Å². The minimum Gasteiger partial charge on any atom is -0.488 e. The molecule has 0 aromatic heterocycles. The highest BCUT2D eigenvalue weighted by Crippen LogP contribution is 2.29. The Labute approximate surface area is 168 Å². The van der Waals surface area contributed by atoms with Gasteiger partial charge in [0.25, 0.3) is 0 Å². The highest BCUT2D eigenvalue weighted by Gasteiger charge is 2.19. The highest BCUT2D eigenvalue weighted by atomic mass is 127. The van der Waals surface area contributed by atoms with Crippen LogP contribution in [0, 0.1) is 10.5 Å². The Morgan fingerprint density at radius 1 is 1.19 bits per heavy atom. The van der Waals surface area contributed by atoms with Crippen molar-refractivity contribution in [3.05, 3.63) is 56.2 Å². The monoisotopic (exact) mass is 469 g/mol. The number of halogens is 1. The molecule has 2 rings (SSSR count). The summed E-state index contributed by atoms with van der Waals surface area (Å²) >= 11 is 2.16. The predicted octanol–water partition coefficient (Wildman–Crippen LogP) is 5.27. The molecule has 0 saturated carbocycles. The number of carbonyl (C=O) groups excluding carboxylic acids is 1. The van der Waals surface area contributed by atoms with Crippen LogP contribution in [-0.2, 0) is 24.2 Å². The van der Waals surface area contributed by atoms with E-state index in [0.717, 1.165) is 33.3 Å². The lowest BCUT2D eigenvalue weighted by atomic mass is 10.0. The Morgan fingerprint density at radius 3 is 2.50 bits per heavy atom. The quantitative estimate of drug-likeness (QED) is 0.356. The number of rotatable bonds is 6. The van der Waals surface area contributed by atoms with Crippen LogP contribution in [0.15, 0.2) is 30.3 Å². The fourth-order valence-electron chi connectivity index (χ4n) is 2.79. The van der Waals surface area contributed by atoms with Gasteiger partial charge in [-0.15, -0.1) is 0 Å². The molecule has 0 saturated heterocycles. The van der Waals surface area contributed by atoms with Gasteiger partial charge >= 0.3 is 6.09 Å². The number of nitrogens with zero attached hydrogens (tertiary/aromatic N) is 1. The van der Waals surface area contributed by atoms with E-state index in [0.29, 0.717) is 10.8 Å². The lowest BCUT2D eigenvalue weighted by molar-refractivity contribution is 0.140. The van der Waals surface area contributed by atoms with E-state index < -0.39 is 6.09 Å². The van der Waals surface area contributed by atoms with Crippen LogP contribution in [0.25, 0.3) is 0 Å². The fraction of sp³-hybridized carbons (Fsp3) is 0.350. The van der Waals surface area contributed by atoms with Crippen molar-refractivity contribution in [3.63, 3.8) is 0 Å². The van der Waals surface area contributed by atoms with E-state index in [1.54, 1.807) is 12.1 Å². The first-order chi connectivity index (χ1) is 12.4. The molecule has 0 heterocycles. The maximum atomic E-state index is 11.7. The molecule has 1 N–H and O–H groups in total. The molecule has 0 unspecified atom stereocenters. The van der Waals surface area contributed by atoms with Gasteiger partial charge in [0.15, 0.2) is 0 Å². The molecule has 1 amide bonds. The van der Waals surface area contributed by atoms with Gasteiger partial charge in [0.05, 0.1) is 12.8 Å². The van der Waals surface area contributed by atoms with Gasteiger partial charge in [0, 0.05) is 9.13 Å². The summed E-state index contributed by atoms with van der Waals surface area (Å²) in [6.07, 6.45) is 1.01. The van der Waals surface area contributed by atoms with Crippen molar-refractivity contribution in [2.75, 3.05) is 12.2 Å². The largest absolute Gasteiger partial charge is 0.488 e. The third kappa shape index (κ3) is 4.48. The second kappa shape index (κ2) is 9.23. The van der Waals surface area contributed by atoms with Crippen molar-refractivity contribution in [1.29, 1.82) is 0 Å². The molecule has 5 nitrogen and oxygen atoms in total. The van der Waals surface area contributed by atoms with Crippen molar-refractivity contribution in [3.8, 4) is 5.75 Å². The number of methoxy groups -OCH3 is 1. The van der Waals surface area contributed by atoms with Crippen LogP contribution in [0.2, 0.25) is 0 Å². The molecule has 0 radical (unpaired) electrons. The highest BCUT2D eigenvalue weighted by molar-refractivity contribution is 14.1. The molecular formula is C20H24INO4. The zero-order chi connectivity index (χ0) is 19.3. The van der Waals surface area contributed by atoms with Gasteiger partial charge in [-0.1, -0.05) is 26.0 Å². The second-order valence-corrected chi connectivity index (χ2v) is 7.06. The third-order valence-corrected chi connectivity index (χ3v) is 5.33. The Kier molecular flexibility index (Phi) is 7.28. The maximum Gasteiger partial charge on any atom is 0.438 e. The first kappa shape index (κ1) is 20.5. The van der Waals surface area contributed by atoms with Crippen LogP contribution < -0.4 is 9.80 Å². The maximum absolute atomic E-state index is 11.7. The molecule has 0 aliphatic rings. The molecule has 2 aromatic rings. The Morgan fingerprint density at radius 2 is 1.88 bits per heavy atom. The standard InChI is InChI=1S/C20H24INO4/c1-5-14-11-15(6-2)19(10-13(14)3)26-12-16-17(21)8-7-9-18(16)22(24)20(23)25-4/h7-11,24H,5-6,12H2,1-4H3. The number of hydroxylamine groups is 1. The average Bonchev–Trinajstić information content (AvgIpc) is 2.65. The number of ether oxygens (including phenoxy) is 2. The smallest absolute Gasteiger partial charge is 0.438 e. The van der Waals surface area contributed by atoms with Crippen LogP contribution in [0.4, 0.5) is 10.5 Å². The van der Waals surface area contributed by atoms with Gasteiger partial charge in [0.2, 0.25) is 0 Å². The van der Waals surface area contributed by atoms with E-state index in [4.69, 9.17) is 4.74 Å². The Hall–Kier alpha value is -1.80. The van der Waals surface area contributed by atoms with E-state index in [2.05, 4.69) is 60.2 Å². The molecule has 140 valence electrons. The summed E-state index contributed by atoms with van der Waals surface area (Å²) in [5, 5.41) is 10.6. The predicted molar refractivity (Wildman–Crippen MR) is 110 cm³/mol. The SMILES string of the molecule is CCc1cc(CC)c(OCc2c(I)cccc2N(O)C(=O)OC)cc1C. The van der Waals surface area contributed by atoms with Gasteiger partial charge < -0.3 is 9.47 Å². The second-order valence-electron chi connectivity index (χ2n) is 5.90. The zero-order valence-corrected chi connectivity index (χ0v) is 17.7. The average molecular weight is 469 g/mol. The molecule has 0 aliphatic heterocycles. The van der Waals surface area contributed by atoms with Crippen LogP contribution in [-0.4, -0.2) is 18.4 Å². The lowest BCUT2D eigenvalue weighted by Crippen LogP contribution is -2.28. The van der Waals surface area contributed by atoms with E-state index >= 15 is 0 Å². The Balaban J connectivity index is 2.33. The molecule has 0 aliphatic carbocycles. The van der Waals surface area contributed by atoms with Crippen molar-refractivity contribution in [1.82, 2.24) is 0 Å². The molecule has 6 heteroatoms. The van der Waals surface area contributed by atoms with Crippen LogP contribution >= 0.6 is 22.6 Å². The number of anilines is 1. The number of aryl methyl sites for hydroxylation is 3. The lowest BCUT2D eigenvalue weighted by Gasteiger charge is -2.20. The number of hydrogen-bond donors (Lipinski definition) is 1. The molecule has 0 spiro atoms. The van der Waals surface area contributed by atoms with Crippen LogP contribution in [0.1, 0.15) is 36.1 Å². The normalized spacial score (nSPS) is 10.5. The van der Waals surface area contributed by atoms with Gasteiger partial charge in [-0.2, -0.15) is 5.06 Å². The number of amides is 1. The summed E-state index contributed by atoms with van der Waals surface area (Å²) in [7, 11) is 1.22. The number of benzene rings is 2. The molecule has 26 heavy (non-hydrogen) atoms. The van der Waals surface area contributed by atoms with E-state index in [1.807, 2.05) is 6.07 Å². The molecule has 0 atom stereocenters. The fourth-order valence-corrected chi connectivity index (χ4v) is 3.43. The first-order valence-corrected chi connectivity index (χ1v) is 9.60. The molecule has 0 fully saturated rings. The first-order valence-electron chi connectivity index (χ1n) is 8.52. The van der Waals surface area contributed by atoms with Crippen molar-refractivity contribution >= 4 is 34.4 Å². The zero-order valence-electron chi connectivity index (χ0n) is 15.5. The van der Waals surface area contributed by atoms with Crippen molar-refractivity contribution < 1.29 is 19.5 Å². The molecular weight excluding hydrogens is 445 g/mol. The third-order valence-electron chi connectivity index (χ3n) is 4.32. The summed E-state index contributed by atoms with van der Waals surface area (Å²) in [6, 6.07) is 9.58. The van der Waals surface area contributed by atoms with E-state index in [9.17, 15) is 10.0 Å². The Bertz CT molecular complexity index is 792. The minimum absolute atomic E-state index is 0.237. The van der Waals surface area contributed by atoms with Crippen molar-refractivity contribution in [2.45, 2.75) is 40.2 Å². The van der Waals surface area contributed by atoms with Gasteiger partial charge in [-0.25, -0.2) is 4.79 Å². The number of carbonyl (C=O) groups is 1. The molecule has 2 aromatic carbocycles. The summed E-state index contributed by atoms with van der Waals surface area (Å²) < 4.78 is 11.6. The summed E-state index contributed by atoms with van der Waals surface area (Å²) in [4.78, 5) is 11.7. The van der Waals surface area contributed by atoms with Crippen LogP contribution in [0.5, 0.6) is 5.75 Å². The summed E-state index contributed by atoms with van der Waals surface area (Å²) in [5.41, 5.74) is 4.73. The molecule has 0 bridgehead atoms. The summed E-state index contributed by atoms with van der Waals surface area (Å²) in [6.45, 7) is 6.56. The van der Waals surface area contributed by atoms with Gasteiger partial charge in [-0.05, 0) is 77.2 Å². The van der Waals surface area contributed by atoms with Gasteiger partial charge in [0.1, 0.15) is 12.4 Å². The van der Waals surface area contributed by atoms with Gasteiger partial charge in [-0.3, -0.25) is 5.21 Å². The van der Waals surface area contributed by atoms with E-state index in [1.165, 1.54) is 18.2 Å². The minimum atomic E-state index is -0.842. The summed E-state index contributed by atoms with van der Waals surface area (Å²) in [5.74, 6) is 0.829. The van der Waals surface area contributed by atoms with Crippen molar-refractivity contribution in [2.24, 2.45) is 0 Å². The number of hydrogen-bond acceptors (Lipinski definition) is 4. The topological polar surface area (TPSA) is 59.0 Å².